The molecule has 0 amide bonds. The number of hydrogen-bond acceptors (Lipinski definition) is 2. The van der Waals surface area contributed by atoms with Crippen molar-refractivity contribution >= 4 is 6.29 Å². The van der Waals surface area contributed by atoms with Gasteiger partial charge >= 0.3 is 0 Å². The topological polar surface area (TPSA) is 26.3 Å². The summed E-state index contributed by atoms with van der Waals surface area (Å²) < 4.78 is 5.86. The average molecular weight is 268 g/mol. The van der Waals surface area contributed by atoms with E-state index in [2.05, 4.69) is 32.9 Å². The summed E-state index contributed by atoms with van der Waals surface area (Å²) in [6.45, 7) is 8.51. The van der Waals surface area contributed by atoms with Crippen molar-refractivity contribution in [3.63, 3.8) is 0 Å². The zero-order chi connectivity index (χ0) is 14.8. The smallest absolute Gasteiger partial charge is 0.150 e. The fraction of sp³-hybridized carbons (Fsp3) is 0.278. The minimum atomic E-state index is 0.131. The maximum Gasteiger partial charge on any atom is 0.150 e. The Balaban J connectivity index is 2.24. The van der Waals surface area contributed by atoms with Gasteiger partial charge in [0.15, 0.2) is 0 Å². The highest BCUT2D eigenvalue weighted by molar-refractivity contribution is 5.76. The van der Waals surface area contributed by atoms with Gasteiger partial charge in [-0.1, -0.05) is 45.0 Å². The molecule has 0 heterocycles. The van der Waals surface area contributed by atoms with E-state index in [1.165, 1.54) is 5.56 Å². The molecule has 0 N–H and O–H groups in total. The van der Waals surface area contributed by atoms with Crippen molar-refractivity contribution in [2.24, 2.45) is 0 Å². The van der Waals surface area contributed by atoms with Gasteiger partial charge in [-0.15, -0.1) is 0 Å². The maximum atomic E-state index is 10.8. The van der Waals surface area contributed by atoms with Crippen LogP contribution in [-0.4, -0.2) is 6.29 Å². The Labute approximate surface area is 120 Å². The maximum absolute atomic E-state index is 10.8. The first-order chi connectivity index (χ1) is 9.40. The summed E-state index contributed by atoms with van der Waals surface area (Å²) in [5.41, 5.74) is 3.03. The molecule has 20 heavy (non-hydrogen) atoms. The summed E-state index contributed by atoms with van der Waals surface area (Å²) in [5, 5.41) is 0. The van der Waals surface area contributed by atoms with Gasteiger partial charge < -0.3 is 4.74 Å². The third kappa shape index (κ3) is 3.27. The van der Waals surface area contributed by atoms with Crippen molar-refractivity contribution < 1.29 is 9.53 Å². The van der Waals surface area contributed by atoms with Crippen LogP contribution < -0.4 is 4.74 Å². The standard InChI is InChI=1S/C18H20O2/c1-13-5-6-14(12-19)11-17(13)20-16-9-7-15(8-10-16)18(2,3)4/h5-12H,1-4H3. The van der Waals surface area contributed by atoms with E-state index in [9.17, 15) is 4.79 Å². The van der Waals surface area contributed by atoms with Crippen molar-refractivity contribution in [3.8, 4) is 11.5 Å². The fourth-order valence-electron chi connectivity index (χ4n) is 1.95. The minimum Gasteiger partial charge on any atom is -0.457 e. The second kappa shape index (κ2) is 5.49. The highest BCUT2D eigenvalue weighted by Gasteiger charge is 2.13. The van der Waals surface area contributed by atoms with E-state index < -0.39 is 0 Å². The lowest BCUT2D eigenvalue weighted by atomic mass is 9.87. The Hall–Kier alpha value is -2.09. The van der Waals surface area contributed by atoms with E-state index in [1.54, 1.807) is 12.1 Å². The number of aryl methyl sites for hydroxylation is 1. The highest BCUT2D eigenvalue weighted by Crippen LogP contribution is 2.28. The summed E-state index contributed by atoms with van der Waals surface area (Å²) in [7, 11) is 0. The zero-order valence-corrected chi connectivity index (χ0v) is 12.4. The third-order valence-electron chi connectivity index (χ3n) is 3.30. The van der Waals surface area contributed by atoms with Gasteiger partial charge in [0.2, 0.25) is 0 Å². The van der Waals surface area contributed by atoms with Gasteiger partial charge in [-0.25, -0.2) is 0 Å². The molecule has 0 aliphatic heterocycles. The molecule has 0 aliphatic rings. The van der Waals surface area contributed by atoms with Crippen LogP contribution in [0.25, 0.3) is 0 Å². The number of aldehydes is 1. The van der Waals surface area contributed by atoms with E-state index in [0.29, 0.717) is 5.56 Å². The van der Waals surface area contributed by atoms with Gasteiger partial charge in [0.1, 0.15) is 17.8 Å². The van der Waals surface area contributed by atoms with Crippen LogP contribution in [-0.2, 0) is 5.41 Å². The van der Waals surface area contributed by atoms with Crippen LogP contribution in [0.15, 0.2) is 42.5 Å². The molecular weight excluding hydrogens is 248 g/mol. The lowest BCUT2D eigenvalue weighted by Gasteiger charge is -2.19. The van der Waals surface area contributed by atoms with Gasteiger partial charge in [-0.2, -0.15) is 0 Å². The van der Waals surface area contributed by atoms with Crippen LogP contribution in [0.5, 0.6) is 11.5 Å². The number of hydrogen-bond donors (Lipinski definition) is 0. The predicted molar refractivity (Wildman–Crippen MR) is 81.8 cm³/mol. The summed E-state index contributed by atoms with van der Waals surface area (Å²) >= 11 is 0. The molecule has 0 bridgehead atoms. The van der Waals surface area contributed by atoms with E-state index in [1.807, 2.05) is 25.1 Å². The van der Waals surface area contributed by atoms with Crippen LogP contribution >= 0.6 is 0 Å². The third-order valence-corrected chi connectivity index (χ3v) is 3.30. The lowest BCUT2D eigenvalue weighted by Crippen LogP contribution is -2.10. The van der Waals surface area contributed by atoms with Crippen LogP contribution in [0.1, 0.15) is 42.3 Å². The molecule has 2 nitrogen and oxygen atoms in total. The first-order valence-electron chi connectivity index (χ1n) is 6.74. The first-order valence-corrected chi connectivity index (χ1v) is 6.74. The average Bonchev–Trinajstić information content (AvgIpc) is 2.41. The molecule has 0 aromatic heterocycles. The fourth-order valence-corrected chi connectivity index (χ4v) is 1.95. The lowest BCUT2D eigenvalue weighted by molar-refractivity contribution is 0.112. The minimum absolute atomic E-state index is 0.131. The second-order valence-electron chi connectivity index (χ2n) is 6.02. The Morgan fingerprint density at radius 3 is 2.20 bits per heavy atom. The highest BCUT2D eigenvalue weighted by atomic mass is 16.5. The summed E-state index contributed by atoms with van der Waals surface area (Å²) in [6.07, 6.45) is 0.828. The largest absolute Gasteiger partial charge is 0.457 e. The van der Waals surface area contributed by atoms with Gasteiger partial charge in [0.25, 0.3) is 0 Å². The van der Waals surface area contributed by atoms with Gasteiger partial charge in [-0.05, 0) is 41.7 Å². The molecule has 0 radical (unpaired) electrons. The quantitative estimate of drug-likeness (QED) is 0.740. The number of rotatable bonds is 3. The molecule has 0 spiro atoms. The molecule has 0 fully saturated rings. The molecule has 2 aromatic rings. The molecule has 2 aromatic carbocycles. The number of ether oxygens (including phenoxy) is 1. The molecule has 2 rings (SSSR count). The monoisotopic (exact) mass is 268 g/mol. The molecule has 0 aliphatic carbocycles. The van der Waals surface area contributed by atoms with E-state index in [-0.39, 0.29) is 5.41 Å². The SMILES string of the molecule is Cc1ccc(C=O)cc1Oc1ccc(C(C)(C)C)cc1. The summed E-state index contributed by atoms with van der Waals surface area (Å²) in [5.74, 6) is 1.50. The number of carbonyl (C=O) groups is 1. The van der Waals surface area contributed by atoms with E-state index in [4.69, 9.17) is 4.74 Å². The van der Waals surface area contributed by atoms with E-state index in [0.717, 1.165) is 23.3 Å². The van der Waals surface area contributed by atoms with Crippen molar-refractivity contribution in [1.29, 1.82) is 0 Å². The normalized spacial score (nSPS) is 11.2. The van der Waals surface area contributed by atoms with Gasteiger partial charge in [-0.3, -0.25) is 4.79 Å². The molecule has 0 atom stereocenters. The van der Waals surface area contributed by atoms with Crippen LogP contribution in [0, 0.1) is 6.92 Å². The molecular formula is C18H20O2. The Morgan fingerprint density at radius 1 is 1.00 bits per heavy atom. The first kappa shape index (κ1) is 14.3. The Morgan fingerprint density at radius 2 is 1.65 bits per heavy atom. The van der Waals surface area contributed by atoms with Crippen molar-refractivity contribution in [2.75, 3.05) is 0 Å². The van der Waals surface area contributed by atoms with Crippen molar-refractivity contribution in [1.82, 2.24) is 0 Å². The molecule has 104 valence electrons. The zero-order valence-electron chi connectivity index (χ0n) is 12.4. The molecule has 0 saturated carbocycles. The Kier molecular flexibility index (Phi) is 3.93. The van der Waals surface area contributed by atoms with Gasteiger partial charge in [0.05, 0.1) is 0 Å². The summed E-state index contributed by atoms with van der Waals surface area (Å²) in [4.78, 5) is 10.8. The molecule has 0 saturated heterocycles. The number of benzene rings is 2. The van der Waals surface area contributed by atoms with Crippen LogP contribution in [0.3, 0.4) is 0 Å². The van der Waals surface area contributed by atoms with Crippen molar-refractivity contribution in [3.05, 3.63) is 59.2 Å². The van der Waals surface area contributed by atoms with Gasteiger partial charge in [0, 0.05) is 5.56 Å². The molecule has 2 heteroatoms. The second-order valence-corrected chi connectivity index (χ2v) is 6.02. The van der Waals surface area contributed by atoms with Crippen LogP contribution in [0.4, 0.5) is 0 Å². The Bertz CT molecular complexity index is 604. The molecule has 0 unspecified atom stereocenters. The van der Waals surface area contributed by atoms with Crippen LogP contribution in [0.2, 0.25) is 0 Å². The summed E-state index contributed by atoms with van der Waals surface area (Å²) in [6, 6.07) is 13.5. The van der Waals surface area contributed by atoms with Crippen molar-refractivity contribution in [2.45, 2.75) is 33.1 Å². The van der Waals surface area contributed by atoms with E-state index >= 15 is 0 Å². The number of carbonyl (C=O) groups excluding carboxylic acids is 1. The predicted octanol–water partition coefficient (Wildman–Crippen LogP) is 4.90.